The van der Waals surface area contributed by atoms with Crippen molar-refractivity contribution in [2.45, 2.75) is 18.7 Å². The van der Waals surface area contributed by atoms with Crippen LogP contribution in [-0.2, 0) is 9.53 Å². The molecule has 0 saturated carbocycles. The lowest BCUT2D eigenvalue weighted by Crippen LogP contribution is -2.21. The molecule has 0 aliphatic carbocycles. The van der Waals surface area contributed by atoms with Crippen LogP contribution in [0.15, 0.2) is 47.4 Å². The molecule has 0 radical (unpaired) electrons. The highest BCUT2D eigenvalue weighted by Crippen LogP contribution is 2.20. The van der Waals surface area contributed by atoms with Gasteiger partial charge in [-0.3, -0.25) is 4.79 Å². The van der Waals surface area contributed by atoms with E-state index in [1.165, 1.54) is 11.8 Å². The fourth-order valence-electron chi connectivity index (χ4n) is 2.27. The summed E-state index contributed by atoms with van der Waals surface area (Å²) in [5.74, 6) is -0.851. The van der Waals surface area contributed by atoms with Crippen molar-refractivity contribution in [2.75, 3.05) is 18.2 Å². The van der Waals surface area contributed by atoms with Gasteiger partial charge in [0, 0.05) is 10.6 Å². The van der Waals surface area contributed by atoms with Gasteiger partial charge in [-0.25, -0.2) is 4.79 Å². The minimum atomic E-state index is -0.495. The van der Waals surface area contributed by atoms with Gasteiger partial charge >= 0.3 is 5.97 Å². The Bertz CT molecular complexity index is 708. The maximum Gasteiger partial charge on any atom is 0.339 e. The molecule has 2 rings (SSSR count). The van der Waals surface area contributed by atoms with E-state index in [9.17, 15) is 9.59 Å². The first-order valence-corrected chi connectivity index (χ1v) is 8.40. The van der Waals surface area contributed by atoms with Crippen molar-refractivity contribution in [3.05, 3.63) is 59.2 Å². The quantitative estimate of drug-likeness (QED) is 0.669. The van der Waals surface area contributed by atoms with Crippen LogP contribution in [0.25, 0.3) is 0 Å². The second kappa shape index (κ2) is 7.83. The lowest BCUT2D eigenvalue weighted by molar-refractivity contribution is -0.119. The maximum atomic E-state index is 12.1. The molecular weight excluding hydrogens is 310 g/mol. The molecule has 0 spiro atoms. The van der Waals surface area contributed by atoms with E-state index in [1.54, 1.807) is 12.1 Å². The zero-order valence-corrected chi connectivity index (χ0v) is 14.2. The van der Waals surface area contributed by atoms with Crippen LogP contribution in [-0.4, -0.2) is 24.7 Å². The normalized spacial score (nSPS) is 10.2. The number of ether oxygens (including phenoxy) is 1. The summed E-state index contributed by atoms with van der Waals surface area (Å²) in [5, 5.41) is 2.74. The number of hydrogen-bond donors (Lipinski definition) is 1. The Morgan fingerprint density at radius 2 is 1.74 bits per heavy atom. The summed E-state index contributed by atoms with van der Waals surface area (Å²) in [6.07, 6.45) is 1.89. The Labute approximate surface area is 140 Å². The number of hydrogen-bond acceptors (Lipinski definition) is 4. The van der Waals surface area contributed by atoms with Gasteiger partial charge in [-0.15, -0.1) is 11.8 Å². The standard InChI is InChI=1S/C18H19NO3S/c1-12-8-13(2)10-14(9-12)19-17(20)11-22-18(21)15-6-4-5-7-16(15)23-3/h4-10H,11H2,1-3H3,(H,19,20). The van der Waals surface area contributed by atoms with Crippen molar-refractivity contribution < 1.29 is 14.3 Å². The molecule has 0 fully saturated rings. The molecule has 4 nitrogen and oxygen atoms in total. The summed E-state index contributed by atoms with van der Waals surface area (Å²) in [6, 6.07) is 12.9. The molecule has 0 unspecified atom stereocenters. The molecule has 0 aromatic heterocycles. The zero-order valence-electron chi connectivity index (χ0n) is 13.4. The monoisotopic (exact) mass is 329 g/mol. The SMILES string of the molecule is CSc1ccccc1C(=O)OCC(=O)Nc1cc(C)cc(C)c1. The van der Waals surface area contributed by atoms with Gasteiger partial charge in [0.25, 0.3) is 5.91 Å². The second-order valence-electron chi connectivity index (χ2n) is 5.20. The Kier molecular flexibility index (Phi) is 5.82. The first kappa shape index (κ1) is 17.1. The van der Waals surface area contributed by atoms with Crippen molar-refractivity contribution in [1.82, 2.24) is 0 Å². The molecule has 0 atom stereocenters. The van der Waals surface area contributed by atoms with Gasteiger partial charge in [0.1, 0.15) is 0 Å². The van der Waals surface area contributed by atoms with Gasteiger partial charge in [-0.05, 0) is 55.5 Å². The summed E-state index contributed by atoms with van der Waals surface area (Å²) in [5.41, 5.74) is 3.30. The van der Waals surface area contributed by atoms with Gasteiger partial charge in [0.05, 0.1) is 5.56 Å². The number of benzene rings is 2. The molecule has 0 aliphatic rings. The van der Waals surface area contributed by atoms with E-state index in [1.807, 2.05) is 50.4 Å². The van der Waals surface area contributed by atoms with Crippen LogP contribution in [0.1, 0.15) is 21.5 Å². The Balaban J connectivity index is 1.95. The maximum absolute atomic E-state index is 12.1. The van der Waals surface area contributed by atoms with Crippen LogP contribution < -0.4 is 5.32 Å². The van der Waals surface area contributed by atoms with Crippen LogP contribution in [0.3, 0.4) is 0 Å². The fourth-order valence-corrected chi connectivity index (χ4v) is 2.85. The minimum Gasteiger partial charge on any atom is -0.452 e. The predicted molar refractivity (Wildman–Crippen MR) is 93.1 cm³/mol. The molecule has 0 aliphatic heterocycles. The summed E-state index contributed by atoms with van der Waals surface area (Å²) >= 11 is 1.46. The van der Waals surface area contributed by atoms with Crippen molar-refractivity contribution >= 4 is 29.3 Å². The largest absolute Gasteiger partial charge is 0.452 e. The van der Waals surface area contributed by atoms with Crippen LogP contribution >= 0.6 is 11.8 Å². The molecule has 23 heavy (non-hydrogen) atoms. The van der Waals surface area contributed by atoms with Crippen LogP contribution in [0, 0.1) is 13.8 Å². The molecule has 1 N–H and O–H groups in total. The van der Waals surface area contributed by atoms with E-state index < -0.39 is 5.97 Å². The number of amides is 1. The van der Waals surface area contributed by atoms with E-state index in [0.717, 1.165) is 16.0 Å². The summed E-state index contributed by atoms with van der Waals surface area (Å²) in [6.45, 7) is 3.61. The number of carbonyl (C=O) groups excluding carboxylic acids is 2. The van der Waals surface area contributed by atoms with Crippen LogP contribution in [0.5, 0.6) is 0 Å². The Hall–Kier alpha value is -2.27. The predicted octanol–water partition coefficient (Wildman–Crippen LogP) is 3.82. The number of carbonyl (C=O) groups is 2. The van der Waals surface area contributed by atoms with Crippen molar-refractivity contribution in [1.29, 1.82) is 0 Å². The highest BCUT2D eigenvalue weighted by molar-refractivity contribution is 7.98. The molecule has 5 heteroatoms. The molecule has 0 bridgehead atoms. The third-order valence-electron chi connectivity index (χ3n) is 3.17. The summed E-state index contributed by atoms with van der Waals surface area (Å²) in [7, 11) is 0. The molecule has 2 aromatic rings. The second-order valence-corrected chi connectivity index (χ2v) is 6.05. The molecule has 120 valence electrons. The average Bonchev–Trinajstić information content (AvgIpc) is 2.51. The van der Waals surface area contributed by atoms with Gasteiger partial charge in [0.15, 0.2) is 6.61 Å². The Morgan fingerprint density at radius 1 is 1.09 bits per heavy atom. The van der Waals surface area contributed by atoms with E-state index in [-0.39, 0.29) is 12.5 Å². The first-order valence-electron chi connectivity index (χ1n) is 7.18. The number of nitrogens with one attached hydrogen (secondary N) is 1. The molecule has 2 aromatic carbocycles. The first-order chi connectivity index (χ1) is 11.0. The van der Waals surface area contributed by atoms with E-state index in [4.69, 9.17) is 4.74 Å². The average molecular weight is 329 g/mol. The van der Waals surface area contributed by atoms with Crippen molar-refractivity contribution in [2.24, 2.45) is 0 Å². The van der Waals surface area contributed by atoms with Gasteiger partial charge in [-0.2, -0.15) is 0 Å². The molecular formula is C18H19NO3S. The third-order valence-corrected chi connectivity index (χ3v) is 3.96. The van der Waals surface area contributed by atoms with Gasteiger partial charge in [0.2, 0.25) is 0 Å². The molecule has 1 amide bonds. The van der Waals surface area contributed by atoms with E-state index in [0.29, 0.717) is 11.3 Å². The lowest BCUT2D eigenvalue weighted by atomic mass is 10.1. The minimum absolute atomic E-state index is 0.311. The number of rotatable bonds is 5. The molecule has 0 saturated heterocycles. The van der Waals surface area contributed by atoms with Crippen molar-refractivity contribution in [3.8, 4) is 0 Å². The topological polar surface area (TPSA) is 55.4 Å². The smallest absolute Gasteiger partial charge is 0.339 e. The van der Waals surface area contributed by atoms with Gasteiger partial charge < -0.3 is 10.1 Å². The van der Waals surface area contributed by atoms with Crippen molar-refractivity contribution in [3.63, 3.8) is 0 Å². The van der Waals surface area contributed by atoms with Crippen LogP contribution in [0.2, 0.25) is 0 Å². The number of esters is 1. The Morgan fingerprint density at radius 3 is 2.39 bits per heavy atom. The third kappa shape index (κ3) is 4.86. The number of thioether (sulfide) groups is 1. The molecule has 0 heterocycles. The lowest BCUT2D eigenvalue weighted by Gasteiger charge is -2.09. The number of aryl methyl sites for hydroxylation is 2. The van der Waals surface area contributed by atoms with Crippen LogP contribution in [0.4, 0.5) is 5.69 Å². The fraction of sp³-hybridized carbons (Fsp3) is 0.222. The number of anilines is 1. The van der Waals surface area contributed by atoms with Gasteiger partial charge in [-0.1, -0.05) is 18.2 Å². The highest BCUT2D eigenvalue weighted by atomic mass is 32.2. The van der Waals surface area contributed by atoms with E-state index >= 15 is 0 Å². The highest BCUT2D eigenvalue weighted by Gasteiger charge is 2.13. The summed E-state index contributed by atoms with van der Waals surface area (Å²) < 4.78 is 5.10. The van der Waals surface area contributed by atoms with E-state index in [2.05, 4.69) is 5.32 Å². The summed E-state index contributed by atoms with van der Waals surface area (Å²) in [4.78, 5) is 24.8. The zero-order chi connectivity index (χ0) is 16.8.